The van der Waals surface area contributed by atoms with Crippen LogP contribution in [0.1, 0.15) is 42.4 Å². The fourth-order valence-electron chi connectivity index (χ4n) is 2.11. The molecule has 0 atom stereocenters. The van der Waals surface area contributed by atoms with Crippen molar-refractivity contribution in [3.8, 4) is 0 Å². The molecule has 7 nitrogen and oxygen atoms in total. The molecule has 2 aromatic rings. The minimum Gasteiger partial charge on any atom is -0.349 e. The molecule has 0 spiro atoms. The van der Waals surface area contributed by atoms with E-state index in [0.29, 0.717) is 11.3 Å². The molecule has 128 valence electrons. The van der Waals surface area contributed by atoms with Crippen molar-refractivity contribution in [2.45, 2.75) is 32.7 Å². The molecule has 2 rings (SSSR count). The van der Waals surface area contributed by atoms with Crippen molar-refractivity contribution >= 4 is 11.8 Å². The van der Waals surface area contributed by atoms with E-state index in [0.717, 1.165) is 5.56 Å². The molecular weight excluding hydrogens is 308 g/mol. The zero-order valence-corrected chi connectivity index (χ0v) is 14.0. The van der Waals surface area contributed by atoms with Crippen molar-refractivity contribution in [1.29, 1.82) is 0 Å². The predicted octanol–water partition coefficient (Wildman–Crippen LogP) is 1.05. The number of rotatable bonds is 5. The topological polar surface area (TPSA) is 107 Å². The maximum absolute atomic E-state index is 12.0. The van der Waals surface area contributed by atoms with Crippen LogP contribution in [0, 0.1) is 0 Å². The van der Waals surface area contributed by atoms with Crippen LogP contribution in [-0.2, 0) is 16.8 Å². The second-order valence-electron chi connectivity index (χ2n) is 6.55. The van der Waals surface area contributed by atoms with Gasteiger partial charge >= 0.3 is 5.69 Å². The highest BCUT2D eigenvalue weighted by atomic mass is 16.2. The first-order chi connectivity index (χ1) is 11.3. The Hall–Kier alpha value is -2.83. The fraction of sp³-hybridized carbons (Fsp3) is 0.353. The predicted molar refractivity (Wildman–Crippen MR) is 90.7 cm³/mol. The first-order valence-corrected chi connectivity index (χ1v) is 7.68. The lowest BCUT2D eigenvalue weighted by atomic mass is 9.87. The van der Waals surface area contributed by atoms with Crippen molar-refractivity contribution in [2.24, 2.45) is 0 Å². The molecule has 0 aliphatic carbocycles. The van der Waals surface area contributed by atoms with Gasteiger partial charge < -0.3 is 20.6 Å². The number of nitrogens with one attached hydrogen (secondary N) is 4. The Morgan fingerprint density at radius 1 is 1.08 bits per heavy atom. The molecule has 0 radical (unpaired) electrons. The van der Waals surface area contributed by atoms with Gasteiger partial charge in [-0.05, 0) is 23.1 Å². The fourth-order valence-corrected chi connectivity index (χ4v) is 2.11. The number of benzene rings is 1. The number of aromatic nitrogens is 2. The van der Waals surface area contributed by atoms with E-state index in [4.69, 9.17) is 0 Å². The minimum absolute atomic E-state index is 0.0219. The highest BCUT2D eigenvalue weighted by Gasteiger charge is 2.14. The molecule has 0 saturated carbocycles. The minimum atomic E-state index is -0.336. The summed E-state index contributed by atoms with van der Waals surface area (Å²) >= 11 is 0. The molecule has 0 bridgehead atoms. The Bertz CT molecular complexity index is 766. The first kappa shape index (κ1) is 17.5. The lowest BCUT2D eigenvalue weighted by Crippen LogP contribution is -2.36. The van der Waals surface area contributed by atoms with Gasteiger partial charge in [0.2, 0.25) is 5.91 Å². The van der Waals surface area contributed by atoms with Crippen LogP contribution in [0.2, 0.25) is 0 Å². The Kier molecular flexibility index (Phi) is 5.23. The second-order valence-corrected chi connectivity index (χ2v) is 6.55. The summed E-state index contributed by atoms with van der Waals surface area (Å²) < 4.78 is 0. The third kappa shape index (κ3) is 4.84. The number of carbonyl (C=O) groups excluding carboxylic acids is 2. The quantitative estimate of drug-likeness (QED) is 0.658. The molecule has 0 aliphatic rings. The van der Waals surface area contributed by atoms with Gasteiger partial charge in [0.05, 0.1) is 18.8 Å². The molecule has 2 amide bonds. The standard InChI is InChI=1S/C17H22N4O3/c1-17(2,3)12-6-4-11(5-7-12)15(23)19-10-14(22)18-8-13-9-20-16(24)21-13/h4-7,9H,8,10H2,1-3H3,(H,18,22)(H,19,23)(H2,20,21,24). The molecule has 4 N–H and O–H groups in total. The molecule has 0 aliphatic heterocycles. The Labute approximate surface area is 139 Å². The zero-order valence-electron chi connectivity index (χ0n) is 14.0. The summed E-state index contributed by atoms with van der Waals surface area (Å²) in [5.41, 5.74) is 1.90. The zero-order chi connectivity index (χ0) is 17.7. The number of hydrogen-bond acceptors (Lipinski definition) is 3. The average Bonchev–Trinajstić information content (AvgIpc) is 2.95. The van der Waals surface area contributed by atoms with E-state index in [1.807, 2.05) is 12.1 Å². The van der Waals surface area contributed by atoms with Crippen molar-refractivity contribution in [1.82, 2.24) is 20.6 Å². The van der Waals surface area contributed by atoms with Crippen molar-refractivity contribution < 1.29 is 9.59 Å². The first-order valence-electron chi connectivity index (χ1n) is 7.68. The van der Waals surface area contributed by atoms with Gasteiger partial charge in [0, 0.05) is 11.8 Å². The third-order valence-corrected chi connectivity index (χ3v) is 3.55. The molecule has 0 unspecified atom stereocenters. The summed E-state index contributed by atoms with van der Waals surface area (Å²) in [5, 5.41) is 5.17. The number of aromatic amines is 2. The van der Waals surface area contributed by atoms with Gasteiger partial charge in [-0.25, -0.2) is 4.79 Å². The second kappa shape index (κ2) is 7.16. The third-order valence-electron chi connectivity index (χ3n) is 3.55. The number of amides is 2. The summed E-state index contributed by atoms with van der Waals surface area (Å²) in [7, 11) is 0. The van der Waals surface area contributed by atoms with Gasteiger partial charge in [-0.15, -0.1) is 0 Å². The van der Waals surface area contributed by atoms with Crippen molar-refractivity contribution in [3.63, 3.8) is 0 Å². The van der Waals surface area contributed by atoms with Gasteiger partial charge in [-0.2, -0.15) is 0 Å². The Morgan fingerprint density at radius 3 is 2.29 bits per heavy atom. The van der Waals surface area contributed by atoms with E-state index >= 15 is 0 Å². The normalized spacial score (nSPS) is 11.1. The van der Waals surface area contributed by atoms with Gasteiger partial charge in [0.25, 0.3) is 5.91 Å². The van der Waals surface area contributed by atoms with Crippen LogP contribution in [0.3, 0.4) is 0 Å². The highest BCUT2D eigenvalue weighted by molar-refractivity contribution is 5.96. The van der Waals surface area contributed by atoms with E-state index < -0.39 is 0 Å². The molecule has 0 fully saturated rings. The van der Waals surface area contributed by atoms with Crippen LogP contribution in [0.4, 0.5) is 0 Å². The molecule has 0 saturated heterocycles. The Morgan fingerprint density at radius 2 is 1.75 bits per heavy atom. The van der Waals surface area contributed by atoms with E-state index in [2.05, 4.69) is 41.4 Å². The van der Waals surface area contributed by atoms with E-state index in [9.17, 15) is 14.4 Å². The summed E-state index contributed by atoms with van der Waals surface area (Å²) in [6.45, 7) is 6.36. The highest BCUT2D eigenvalue weighted by Crippen LogP contribution is 2.22. The van der Waals surface area contributed by atoms with E-state index in [1.54, 1.807) is 12.1 Å². The van der Waals surface area contributed by atoms with Crippen LogP contribution in [0.5, 0.6) is 0 Å². The average molecular weight is 330 g/mol. The van der Waals surface area contributed by atoms with Crippen molar-refractivity contribution in [3.05, 3.63) is 57.8 Å². The van der Waals surface area contributed by atoms with Crippen LogP contribution in [0.25, 0.3) is 0 Å². The monoisotopic (exact) mass is 330 g/mol. The largest absolute Gasteiger partial charge is 0.349 e. The molecule has 1 aromatic carbocycles. The summed E-state index contributed by atoms with van der Waals surface area (Å²) in [4.78, 5) is 39.6. The van der Waals surface area contributed by atoms with Crippen molar-refractivity contribution in [2.75, 3.05) is 6.54 Å². The molecule has 24 heavy (non-hydrogen) atoms. The van der Waals surface area contributed by atoms with E-state index in [1.165, 1.54) is 6.20 Å². The molecule has 7 heteroatoms. The summed E-state index contributed by atoms with van der Waals surface area (Å²) in [5.74, 6) is -0.641. The number of carbonyl (C=O) groups is 2. The summed E-state index contributed by atoms with van der Waals surface area (Å²) in [6, 6.07) is 7.32. The van der Waals surface area contributed by atoms with Crippen LogP contribution in [-0.4, -0.2) is 28.3 Å². The number of H-pyrrole nitrogens is 2. The van der Waals surface area contributed by atoms with Gasteiger partial charge in [-0.1, -0.05) is 32.9 Å². The lowest BCUT2D eigenvalue weighted by Gasteiger charge is -2.19. The molecular formula is C17H22N4O3. The Balaban J connectivity index is 1.81. The molecule has 1 heterocycles. The number of hydrogen-bond donors (Lipinski definition) is 4. The van der Waals surface area contributed by atoms with Gasteiger partial charge in [-0.3, -0.25) is 9.59 Å². The maximum atomic E-state index is 12.0. The van der Waals surface area contributed by atoms with Gasteiger partial charge in [0.15, 0.2) is 0 Å². The number of imidazole rings is 1. The van der Waals surface area contributed by atoms with Crippen LogP contribution >= 0.6 is 0 Å². The summed E-state index contributed by atoms with van der Waals surface area (Å²) in [6.07, 6.45) is 1.48. The van der Waals surface area contributed by atoms with Gasteiger partial charge in [0.1, 0.15) is 0 Å². The SMILES string of the molecule is CC(C)(C)c1ccc(C(=O)NCC(=O)NCc2c[nH]c(=O)[nH]2)cc1. The lowest BCUT2D eigenvalue weighted by molar-refractivity contribution is -0.120. The molecule has 1 aromatic heterocycles. The maximum Gasteiger partial charge on any atom is 0.323 e. The van der Waals surface area contributed by atoms with E-state index in [-0.39, 0.29) is 36.0 Å². The van der Waals surface area contributed by atoms with Crippen LogP contribution < -0.4 is 16.3 Å². The smallest absolute Gasteiger partial charge is 0.323 e. The van der Waals surface area contributed by atoms with Crippen LogP contribution in [0.15, 0.2) is 35.3 Å².